The highest BCUT2D eigenvalue weighted by Gasteiger charge is 2.21. The second-order valence-corrected chi connectivity index (χ2v) is 8.22. The van der Waals surface area contributed by atoms with Gasteiger partial charge in [0.1, 0.15) is 19.0 Å². The van der Waals surface area contributed by atoms with E-state index in [4.69, 9.17) is 9.47 Å². The molecule has 1 aromatic heterocycles. The highest BCUT2D eigenvalue weighted by Crippen LogP contribution is 2.34. The van der Waals surface area contributed by atoms with Gasteiger partial charge in [0, 0.05) is 23.2 Å². The molecular formula is C23H23FN2O3S. The molecule has 4 rings (SSSR count). The number of carbonyl (C=O) groups is 1. The third kappa shape index (κ3) is 4.98. The van der Waals surface area contributed by atoms with Crippen LogP contribution in [0.3, 0.4) is 0 Å². The molecule has 2 aromatic carbocycles. The summed E-state index contributed by atoms with van der Waals surface area (Å²) in [6.45, 7) is 2.18. The number of likely N-dealkylation sites (N-methyl/N-ethyl adjacent to an activating group) is 1. The van der Waals surface area contributed by atoms with Gasteiger partial charge in [0.15, 0.2) is 11.5 Å². The van der Waals surface area contributed by atoms with Crippen LogP contribution in [0.5, 0.6) is 11.5 Å². The van der Waals surface area contributed by atoms with E-state index >= 15 is 0 Å². The van der Waals surface area contributed by atoms with Crippen LogP contribution in [0.2, 0.25) is 0 Å². The molecule has 1 aliphatic rings. The number of fused-ring (bicyclic) bond motifs is 1. The number of rotatable bonds is 7. The summed E-state index contributed by atoms with van der Waals surface area (Å²) < 4.78 is 24.8. The molecule has 2 heterocycles. The standard InChI is InChI=1S/C23H23FN2O3S/c1-25(14-17-4-2-5-18(24)12-17)16-23(27)26(15-20-6-3-11-30-20)19-7-8-21-22(13-19)29-10-9-28-21/h2-8,11-13H,9-10,14-16H2,1H3. The lowest BCUT2D eigenvalue weighted by Gasteiger charge is -2.27. The van der Waals surface area contributed by atoms with Crippen LogP contribution in [0.25, 0.3) is 0 Å². The Morgan fingerprint density at radius 2 is 1.87 bits per heavy atom. The average molecular weight is 427 g/mol. The quantitative estimate of drug-likeness (QED) is 0.564. The predicted octanol–water partition coefficient (Wildman–Crippen LogP) is 4.32. The fourth-order valence-electron chi connectivity index (χ4n) is 3.40. The SMILES string of the molecule is CN(CC(=O)N(Cc1cccs1)c1ccc2c(c1)OCCO2)Cc1cccc(F)c1. The zero-order valence-electron chi connectivity index (χ0n) is 16.7. The Morgan fingerprint density at radius 3 is 2.63 bits per heavy atom. The van der Waals surface area contributed by atoms with Gasteiger partial charge >= 0.3 is 0 Å². The van der Waals surface area contributed by atoms with Gasteiger partial charge in [0.25, 0.3) is 0 Å². The van der Waals surface area contributed by atoms with E-state index in [1.54, 1.807) is 22.3 Å². The third-order valence-corrected chi connectivity index (χ3v) is 5.64. The normalized spacial score (nSPS) is 12.8. The van der Waals surface area contributed by atoms with Crippen LogP contribution in [0.4, 0.5) is 10.1 Å². The van der Waals surface area contributed by atoms with Crippen molar-refractivity contribution in [3.05, 3.63) is 76.2 Å². The van der Waals surface area contributed by atoms with Crippen LogP contribution in [-0.2, 0) is 17.9 Å². The summed E-state index contributed by atoms with van der Waals surface area (Å²) in [5, 5.41) is 2.00. The maximum atomic E-state index is 13.5. The first-order chi connectivity index (χ1) is 14.6. The van der Waals surface area contributed by atoms with Gasteiger partial charge in [-0.3, -0.25) is 9.69 Å². The molecule has 156 valence electrons. The van der Waals surface area contributed by atoms with Gasteiger partial charge in [0.05, 0.1) is 13.1 Å². The van der Waals surface area contributed by atoms with E-state index in [0.29, 0.717) is 37.8 Å². The number of thiophene rings is 1. The Bertz CT molecular complexity index is 1010. The zero-order valence-corrected chi connectivity index (χ0v) is 17.5. The summed E-state index contributed by atoms with van der Waals surface area (Å²) in [4.78, 5) is 18.0. The van der Waals surface area contributed by atoms with E-state index < -0.39 is 0 Å². The lowest BCUT2D eigenvalue weighted by molar-refractivity contribution is -0.119. The van der Waals surface area contributed by atoms with Crippen molar-refractivity contribution >= 4 is 22.9 Å². The fraction of sp³-hybridized carbons (Fsp3) is 0.261. The smallest absolute Gasteiger partial charge is 0.241 e. The van der Waals surface area contributed by atoms with Crippen molar-refractivity contribution in [2.24, 2.45) is 0 Å². The number of hydrogen-bond donors (Lipinski definition) is 0. The largest absolute Gasteiger partial charge is 0.486 e. The summed E-state index contributed by atoms with van der Waals surface area (Å²) in [7, 11) is 1.86. The molecular weight excluding hydrogens is 403 g/mol. The zero-order chi connectivity index (χ0) is 20.9. The fourth-order valence-corrected chi connectivity index (χ4v) is 4.09. The molecule has 0 radical (unpaired) electrons. The summed E-state index contributed by atoms with van der Waals surface area (Å²) in [5.41, 5.74) is 1.59. The summed E-state index contributed by atoms with van der Waals surface area (Å²) in [6.07, 6.45) is 0. The Balaban J connectivity index is 1.52. The number of ether oxygens (including phenoxy) is 2. The number of amides is 1. The predicted molar refractivity (Wildman–Crippen MR) is 116 cm³/mol. The maximum absolute atomic E-state index is 13.5. The van der Waals surface area contributed by atoms with Crippen molar-refractivity contribution in [1.82, 2.24) is 4.90 Å². The molecule has 0 aliphatic carbocycles. The number of hydrogen-bond acceptors (Lipinski definition) is 5. The molecule has 0 bridgehead atoms. The molecule has 7 heteroatoms. The number of anilines is 1. The van der Waals surface area contributed by atoms with Crippen LogP contribution in [0, 0.1) is 5.82 Å². The molecule has 3 aromatic rings. The third-order valence-electron chi connectivity index (χ3n) is 4.78. The topological polar surface area (TPSA) is 42.0 Å². The number of carbonyl (C=O) groups excluding carboxylic acids is 1. The molecule has 0 fully saturated rings. The minimum Gasteiger partial charge on any atom is -0.486 e. The van der Waals surface area contributed by atoms with E-state index in [1.165, 1.54) is 12.1 Å². The Morgan fingerprint density at radius 1 is 1.03 bits per heavy atom. The minimum atomic E-state index is -0.275. The molecule has 0 saturated carbocycles. The highest BCUT2D eigenvalue weighted by atomic mass is 32.1. The van der Waals surface area contributed by atoms with Crippen LogP contribution in [0.15, 0.2) is 60.0 Å². The van der Waals surface area contributed by atoms with Gasteiger partial charge in [-0.25, -0.2) is 4.39 Å². The second kappa shape index (κ2) is 9.28. The monoisotopic (exact) mass is 426 g/mol. The van der Waals surface area contributed by atoms with Crippen LogP contribution in [0.1, 0.15) is 10.4 Å². The van der Waals surface area contributed by atoms with Crippen molar-refractivity contribution in [2.45, 2.75) is 13.1 Å². The summed E-state index contributed by atoms with van der Waals surface area (Å²) >= 11 is 1.61. The van der Waals surface area contributed by atoms with Crippen molar-refractivity contribution in [3.63, 3.8) is 0 Å². The second-order valence-electron chi connectivity index (χ2n) is 7.19. The van der Waals surface area contributed by atoms with Crippen molar-refractivity contribution in [1.29, 1.82) is 0 Å². The van der Waals surface area contributed by atoms with Crippen LogP contribution in [-0.4, -0.2) is 37.6 Å². The lowest BCUT2D eigenvalue weighted by atomic mass is 10.2. The summed E-state index contributed by atoms with van der Waals surface area (Å²) in [6, 6.07) is 16.0. The van der Waals surface area contributed by atoms with Gasteiger partial charge in [-0.15, -0.1) is 11.3 Å². The average Bonchev–Trinajstić information content (AvgIpc) is 3.25. The number of benzene rings is 2. The highest BCUT2D eigenvalue weighted by molar-refractivity contribution is 7.09. The van der Waals surface area contributed by atoms with E-state index in [0.717, 1.165) is 16.1 Å². The molecule has 0 spiro atoms. The van der Waals surface area contributed by atoms with Crippen molar-refractivity contribution < 1.29 is 18.7 Å². The first-order valence-electron chi connectivity index (χ1n) is 9.74. The van der Waals surface area contributed by atoms with Gasteiger partial charge in [-0.1, -0.05) is 18.2 Å². The number of halogens is 1. The first-order valence-corrected chi connectivity index (χ1v) is 10.6. The lowest BCUT2D eigenvalue weighted by Crippen LogP contribution is -2.38. The maximum Gasteiger partial charge on any atom is 0.241 e. The Labute approximate surface area is 179 Å². The van der Waals surface area contributed by atoms with E-state index in [2.05, 4.69) is 0 Å². The van der Waals surface area contributed by atoms with Crippen molar-refractivity contribution in [2.75, 3.05) is 31.7 Å². The molecule has 0 saturated heterocycles. The first kappa shape index (κ1) is 20.4. The molecule has 0 atom stereocenters. The molecule has 0 unspecified atom stereocenters. The Kier molecular flexibility index (Phi) is 6.30. The van der Waals surface area contributed by atoms with Gasteiger partial charge in [-0.05, 0) is 48.3 Å². The molecule has 30 heavy (non-hydrogen) atoms. The van der Waals surface area contributed by atoms with Crippen molar-refractivity contribution in [3.8, 4) is 11.5 Å². The van der Waals surface area contributed by atoms with E-state index in [-0.39, 0.29) is 18.3 Å². The van der Waals surface area contributed by atoms with E-state index in [9.17, 15) is 9.18 Å². The molecule has 0 N–H and O–H groups in total. The van der Waals surface area contributed by atoms with Gasteiger partial charge in [-0.2, -0.15) is 0 Å². The van der Waals surface area contributed by atoms with Crippen LogP contribution < -0.4 is 14.4 Å². The summed E-state index contributed by atoms with van der Waals surface area (Å²) in [5.74, 6) is 1.02. The molecule has 1 aliphatic heterocycles. The van der Waals surface area contributed by atoms with E-state index in [1.807, 2.05) is 53.7 Å². The van der Waals surface area contributed by atoms with Gasteiger partial charge < -0.3 is 14.4 Å². The molecule has 1 amide bonds. The Hall–Kier alpha value is -2.90. The molecule has 5 nitrogen and oxygen atoms in total. The minimum absolute atomic E-state index is 0.0426. The van der Waals surface area contributed by atoms with Crippen LogP contribution >= 0.6 is 11.3 Å². The van der Waals surface area contributed by atoms with Gasteiger partial charge in [0.2, 0.25) is 5.91 Å². The number of nitrogens with zero attached hydrogens (tertiary/aromatic N) is 2.